The Balaban J connectivity index is 1.89. The molecule has 106 valence electrons. The fraction of sp³-hybridized carbons (Fsp3) is 0.286. The van der Waals surface area contributed by atoms with Gasteiger partial charge in [0.25, 0.3) is 0 Å². The molecule has 1 aromatic heterocycles. The zero-order valence-corrected chi connectivity index (χ0v) is 12.4. The number of ether oxygens (including phenoxy) is 1. The molecule has 2 rings (SSSR count). The van der Waals surface area contributed by atoms with Gasteiger partial charge in [-0.1, -0.05) is 12.1 Å². The molecule has 0 aliphatic heterocycles. The quantitative estimate of drug-likeness (QED) is 0.828. The van der Waals surface area contributed by atoms with Crippen molar-refractivity contribution in [2.75, 3.05) is 12.4 Å². The van der Waals surface area contributed by atoms with Gasteiger partial charge in [0.2, 0.25) is 0 Å². The van der Waals surface area contributed by atoms with Crippen LogP contribution in [-0.2, 0) is 13.1 Å². The Bertz CT molecular complexity index is 582. The third kappa shape index (κ3) is 3.71. The van der Waals surface area contributed by atoms with E-state index in [4.69, 9.17) is 17.0 Å². The van der Waals surface area contributed by atoms with Crippen molar-refractivity contribution in [2.24, 2.45) is 0 Å². The largest absolute Gasteiger partial charge is 0.495 e. The molecule has 1 aromatic carbocycles. The van der Waals surface area contributed by atoms with E-state index in [1.807, 2.05) is 41.3 Å². The molecule has 0 bridgehead atoms. The van der Waals surface area contributed by atoms with Crippen molar-refractivity contribution in [3.05, 3.63) is 42.2 Å². The second-order valence-corrected chi connectivity index (χ2v) is 4.62. The van der Waals surface area contributed by atoms with Crippen molar-refractivity contribution in [1.82, 2.24) is 15.1 Å². The highest BCUT2D eigenvalue weighted by Gasteiger charge is 2.04. The zero-order chi connectivity index (χ0) is 14.4. The molecule has 0 saturated carbocycles. The van der Waals surface area contributed by atoms with Crippen molar-refractivity contribution < 1.29 is 4.74 Å². The van der Waals surface area contributed by atoms with Gasteiger partial charge >= 0.3 is 0 Å². The lowest BCUT2D eigenvalue weighted by Gasteiger charge is -2.12. The first-order chi connectivity index (χ1) is 9.72. The molecule has 6 heteroatoms. The van der Waals surface area contributed by atoms with Gasteiger partial charge in [-0.05, 0) is 31.3 Å². The standard InChI is InChI=1S/C14H18N4OS/c1-3-18-10-11(9-16-18)8-15-14(20)17-12-6-4-5-7-13(12)19-2/h4-7,9-10H,3,8H2,1-2H3,(H2,15,17,20). The molecule has 2 N–H and O–H groups in total. The first kappa shape index (κ1) is 14.3. The van der Waals surface area contributed by atoms with Crippen LogP contribution in [0.5, 0.6) is 5.75 Å². The van der Waals surface area contributed by atoms with Crippen LogP contribution < -0.4 is 15.4 Å². The Morgan fingerprint density at radius 2 is 2.20 bits per heavy atom. The van der Waals surface area contributed by atoms with Crippen LogP contribution in [0.1, 0.15) is 12.5 Å². The van der Waals surface area contributed by atoms with E-state index in [9.17, 15) is 0 Å². The summed E-state index contributed by atoms with van der Waals surface area (Å²) in [6.07, 6.45) is 3.83. The smallest absolute Gasteiger partial charge is 0.171 e. The maximum Gasteiger partial charge on any atom is 0.171 e. The fourth-order valence-electron chi connectivity index (χ4n) is 1.77. The number of hydrogen-bond donors (Lipinski definition) is 2. The molecule has 0 aliphatic carbocycles. The van der Waals surface area contributed by atoms with E-state index >= 15 is 0 Å². The van der Waals surface area contributed by atoms with E-state index in [1.54, 1.807) is 7.11 Å². The number of para-hydroxylation sites is 2. The summed E-state index contributed by atoms with van der Waals surface area (Å²) in [5, 5.41) is 11.0. The summed E-state index contributed by atoms with van der Waals surface area (Å²) in [4.78, 5) is 0. The van der Waals surface area contributed by atoms with Crippen LogP contribution in [0, 0.1) is 0 Å². The molecule has 0 fully saturated rings. The highest BCUT2D eigenvalue weighted by Crippen LogP contribution is 2.22. The monoisotopic (exact) mass is 290 g/mol. The van der Waals surface area contributed by atoms with E-state index < -0.39 is 0 Å². The van der Waals surface area contributed by atoms with Gasteiger partial charge in [0.1, 0.15) is 5.75 Å². The third-order valence-corrected chi connectivity index (χ3v) is 3.07. The number of rotatable bonds is 5. The van der Waals surface area contributed by atoms with E-state index in [1.165, 1.54) is 0 Å². The molecule has 5 nitrogen and oxygen atoms in total. The van der Waals surface area contributed by atoms with Gasteiger partial charge < -0.3 is 15.4 Å². The van der Waals surface area contributed by atoms with Crippen LogP contribution in [0.3, 0.4) is 0 Å². The average Bonchev–Trinajstić information content (AvgIpc) is 2.94. The Morgan fingerprint density at radius 1 is 1.40 bits per heavy atom. The first-order valence-electron chi connectivity index (χ1n) is 6.42. The highest BCUT2D eigenvalue weighted by atomic mass is 32.1. The minimum Gasteiger partial charge on any atom is -0.495 e. The molecule has 0 atom stereocenters. The summed E-state index contributed by atoms with van der Waals surface area (Å²) >= 11 is 5.27. The van der Waals surface area contributed by atoms with Gasteiger partial charge in [-0.15, -0.1) is 0 Å². The predicted molar refractivity (Wildman–Crippen MR) is 84.0 cm³/mol. The number of thiocarbonyl (C=S) groups is 1. The summed E-state index contributed by atoms with van der Waals surface area (Å²) < 4.78 is 7.15. The van der Waals surface area contributed by atoms with Crippen LogP contribution in [0.15, 0.2) is 36.7 Å². The lowest BCUT2D eigenvalue weighted by Crippen LogP contribution is -2.27. The van der Waals surface area contributed by atoms with E-state index in [2.05, 4.69) is 22.7 Å². The fourth-order valence-corrected chi connectivity index (χ4v) is 1.95. The number of benzene rings is 1. The maximum absolute atomic E-state index is 5.27. The molecule has 2 aromatic rings. The Morgan fingerprint density at radius 3 is 2.90 bits per heavy atom. The first-order valence-corrected chi connectivity index (χ1v) is 6.83. The lowest BCUT2D eigenvalue weighted by molar-refractivity contribution is 0.417. The minimum atomic E-state index is 0.554. The predicted octanol–water partition coefficient (Wildman–Crippen LogP) is 2.40. The van der Waals surface area contributed by atoms with E-state index in [0.29, 0.717) is 11.7 Å². The van der Waals surface area contributed by atoms with Crippen molar-refractivity contribution in [2.45, 2.75) is 20.0 Å². The van der Waals surface area contributed by atoms with Crippen molar-refractivity contribution >= 4 is 23.0 Å². The number of methoxy groups -OCH3 is 1. The summed E-state index contributed by atoms with van der Waals surface area (Å²) in [5.41, 5.74) is 1.94. The molecule has 20 heavy (non-hydrogen) atoms. The lowest BCUT2D eigenvalue weighted by atomic mass is 10.3. The van der Waals surface area contributed by atoms with Crippen LogP contribution in [0.25, 0.3) is 0 Å². The summed E-state index contributed by atoms with van der Waals surface area (Å²) in [6, 6.07) is 7.65. The molecule has 0 amide bonds. The Kier molecular flexibility index (Phi) is 4.95. The van der Waals surface area contributed by atoms with Crippen LogP contribution in [0.4, 0.5) is 5.69 Å². The molecule has 0 unspecified atom stereocenters. The SMILES string of the molecule is CCn1cc(CNC(=S)Nc2ccccc2OC)cn1. The number of anilines is 1. The molecule has 0 radical (unpaired) electrons. The highest BCUT2D eigenvalue weighted by molar-refractivity contribution is 7.80. The second kappa shape index (κ2) is 6.91. The molecular weight excluding hydrogens is 272 g/mol. The number of nitrogens with one attached hydrogen (secondary N) is 2. The van der Waals surface area contributed by atoms with Crippen molar-refractivity contribution in [3.8, 4) is 5.75 Å². The van der Waals surface area contributed by atoms with Crippen LogP contribution >= 0.6 is 12.2 Å². The topological polar surface area (TPSA) is 51.1 Å². The number of nitrogens with zero attached hydrogens (tertiary/aromatic N) is 2. The van der Waals surface area contributed by atoms with Crippen molar-refractivity contribution in [3.63, 3.8) is 0 Å². The normalized spacial score (nSPS) is 10.1. The van der Waals surface area contributed by atoms with E-state index in [-0.39, 0.29) is 0 Å². The van der Waals surface area contributed by atoms with Gasteiger partial charge in [-0.3, -0.25) is 4.68 Å². The van der Waals surface area contributed by atoms with Gasteiger partial charge in [-0.25, -0.2) is 0 Å². The number of hydrogen-bond acceptors (Lipinski definition) is 3. The summed E-state index contributed by atoms with van der Waals surface area (Å²) in [5.74, 6) is 0.760. The summed E-state index contributed by atoms with van der Waals surface area (Å²) in [7, 11) is 1.64. The zero-order valence-electron chi connectivity index (χ0n) is 11.6. The Labute approximate surface area is 123 Å². The van der Waals surface area contributed by atoms with Crippen LogP contribution in [-0.4, -0.2) is 22.0 Å². The minimum absolute atomic E-state index is 0.554. The molecule has 1 heterocycles. The van der Waals surface area contributed by atoms with Gasteiger partial charge in [-0.2, -0.15) is 5.10 Å². The third-order valence-electron chi connectivity index (χ3n) is 2.82. The second-order valence-electron chi connectivity index (χ2n) is 4.21. The van der Waals surface area contributed by atoms with Crippen LogP contribution in [0.2, 0.25) is 0 Å². The van der Waals surface area contributed by atoms with Gasteiger partial charge in [0.05, 0.1) is 19.0 Å². The Hall–Kier alpha value is -2.08. The van der Waals surface area contributed by atoms with E-state index in [0.717, 1.165) is 23.5 Å². The number of aryl methyl sites for hydroxylation is 1. The maximum atomic E-state index is 5.27. The van der Waals surface area contributed by atoms with Gasteiger partial charge in [0, 0.05) is 24.8 Å². The molecule has 0 saturated heterocycles. The average molecular weight is 290 g/mol. The summed E-state index contributed by atoms with van der Waals surface area (Å²) in [6.45, 7) is 3.56. The van der Waals surface area contributed by atoms with Gasteiger partial charge in [0.15, 0.2) is 5.11 Å². The van der Waals surface area contributed by atoms with Crippen molar-refractivity contribution in [1.29, 1.82) is 0 Å². The molecule has 0 spiro atoms. The number of aromatic nitrogens is 2. The molecular formula is C14H18N4OS. The molecule has 0 aliphatic rings.